The molecule has 0 aliphatic heterocycles. The van der Waals surface area contributed by atoms with Crippen molar-refractivity contribution in [3.63, 3.8) is 0 Å². The zero-order chi connectivity index (χ0) is 13.8. The van der Waals surface area contributed by atoms with Gasteiger partial charge in [-0.2, -0.15) is 4.98 Å². The zero-order valence-corrected chi connectivity index (χ0v) is 11.5. The molecule has 0 spiro atoms. The minimum absolute atomic E-state index is 0.0629. The molecule has 0 fully saturated rings. The second-order valence-corrected chi connectivity index (χ2v) is 4.61. The Hall–Kier alpha value is -1.88. The van der Waals surface area contributed by atoms with Crippen LogP contribution in [-0.2, 0) is 17.1 Å². The van der Waals surface area contributed by atoms with Gasteiger partial charge >= 0.3 is 0 Å². The number of nitrogens with zero attached hydrogens (tertiary/aromatic N) is 2. The Bertz CT molecular complexity index is 575. The average molecular weight is 280 g/mol. The SMILES string of the molecule is Cc1cc(C)cc(NC(=O)Cc2noc(CCl)n2)c1. The fourth-order valence-corrected chi connectivity index (χ4v) is 1.92. The Labute approximate surface area is 116 Å². The van der Waals surface area contributed by atoms with Crippen LogP contribution in [0, 0.1) is 13.8 Å². The number of hydrogen-bond donors (Lipinski definition) is 1. The van der Waals surface area contributed by atoms with Crippen molar-refractivity contribution in [2.75, 3.05) is 5.32 Å². The lowest BCUT2D eigenvalue weighted by Gasteiger charge is -2.06. The summed E-state index contributed by atoms with van der Waals surface area (Å²) in [4.78, 5) is 15.8. The van der Waals surface area contributed by atoms with Gasteiger partial charge in [0.2, 0.25) is 11.8 Å². The van der Waals surface area contributed by atoms with Gasteiger partial charge in [0.25, 0.3) is 0 Å². The van der Waals surface area contributed by atoms with E-state index in [4.69, 9.17) is 16.1 Å². The van der Waals surface area contributed by atoms with Crippen LogP contribution in [0.4, 0.5) is 5.69 Å². The number of carbonyl (C=O) groups excluding carboxylic acids is 1. The van der Waals surface area contributed by atoms with E-state index in [1.165, 1.54) is 0 Å². The van der Waals surface area contributed by atoms with E-state index in [1.807, 2.05) is 32.0 Å². The van der Waals surface area contributed by atoms with E-state index < -0.39 is 0 Å². The number of alkyl halides is 1. The first kappa shape index (κ1) is 13.5. The Kier molecular flexibility index (Phi) is 4.16. The Morgan fingerprint density at radius 3 is 2.58 bits per heavy atom. The van der Waals surface area contributed by atoms with Crippen LogP contribution in [-0.4, -0.2) is 16.0 Å². The largest absolute Gasteiger partial charge is 0.338 e. The summed E-state index contributed by atoms with van der Waals surface area (Å²) in [5.41, 5.74) is 2.96. The van der Waals surface area contributed by atoms with E-state index in [1.54, 1.807) is 0 Å². The molecule has 2 aromatic rings. The number of aromatic nitrogens is 2. The van der Waals surface area contributed by atoms with E-state index in [2.05, 4.69) is 15.5 Å². The van der Waals surface area contributed by atoms with Crippen LogP contribution >= 0.6 is 11.6 Å². The molecule has 0 saturated carbocycles. The van der Waals surface area contributed by atoms with E-state index in [-0.39, 0.29) is 18.2 Å². The number of hydrogen-bond acceptors (Lipinski definition) is 4. The molecule has 1 amide bonds. The summed E-state index contributed by atoms with van der Waals surface area (Å²) in [6.45, 7) is 3.96. The molecular formula is C13H14ClN3O2. The maximum Gasteiger partial charge on any atom is 0.241 e. The van der Waals surface area contributed by atoms with Crippen LogP contribution in [0.15, 0.2) is 22.7 Å². The lowest BCUT2D eigenvalue weighted by atomic mass is 10.1. The van der Waals surface area contributed by atoms with Gasteiger partial charge < -0.3 is 9.84 Å². The van der Waals surface area contributed by atoms with Crippen molar-refractivity contribution >= 4 is 23.2 Å². The number of aryl methyl sites for hydroxylation is 2. The third-order valence-electron chi connectivity index (χ3n) is 2.45. The first-order valence-electron chi connectivity index (χ1n) is 5.82. The molecule has 0 unspecified atom stereocenters. The van der Waals surface area contributed by atoms with Gasteiger partial charge in [0.1, 0.15) is 5.88 Å². The zero-order valence-electron chi connectivity index (χ0n) is 10.7. The predicted molar refractivity (Wildman–Crippen MR) is 72.1 cm³/mol. The normalized spacial score (nSPS) is 10.5. The van der Waals surface area contributed by atoms with Crippen molar-refractivity contribution in [1.29, 1.82) is 0 Å². The number of benzene rings is 1. The van der Waals surface area contributed by atoms with E-state index in [9.17, 15) is 4.79 Å². The number of anilines is 1. The van der Waals surface area contributed by atoms with Gasteiger partial charge in [-0.3, -0.25) is 4.79 Å². The summed E-state index contributed by atoms with van der Waals surface area (Å²) in [5, 5.41) is 6.48. The van der Waals surface area contributed by atoms with Crippen molar-refractivity contribution in [3.05, 3.63) is 41.0 Å². The average Bonchev–Trinajstić information content (AvgIpc) is 2.74. The molecule has 1 heterocycles. The quantitative estimate of drug-likeness (QED) is 0.874. The molecule has 1 aromatic carbocycles. The molecule has 0 radical (unpaired) electrons. The smallest absolute Gasteiger partial charge is 0.241 e. The van der Waals surface area contributed by atoms with E-state index >= 15 is 0 Å². The highest BCUT2D eigenvalue weighted by Crippen LogP contribution is 2.14. The molecule has 19 heavy (non-hydrogen) atoms. The molecule has 100 valence electrons. The van der Waals surface area contributed by atoms with Gasteiger partial charge in [-0.15, -0.1) is 11.6 Å². The molecule has 0 atom stereocenters. The number of halogens is 1. The highest BCUT2D eigenvalue weighted by molar-refractivity contribution is 6.16. The predicted octanol–water partition coefficient (Wildman–Crippen LogP) is 2.61. The second-order valence-electron chi connectivity index (χ2n) is 4.34. The van der Waals surface area contributed by atoms with Crippen molar-refractivity contribution in [2.45, 2.75) is 26.1 Å². The van der Waals surface area contributed by atoms with Crippen molar-refractivity contribution < 1.29 is 9.32 Å². The highest BCUT2D eigenvalue weighted by atomic mass is 35.5. The minimum atomic E-state index is -0.188. The third kappa shape index (κ3) is 3.79. The molecule has 0 saturated heterocycles. The van der Waals surface area contributed by atoms with Crippen molar-refractivity contribution in [1.82, 2.24) is 10.1 Å². The van der Waals surface area contributed by atoms with Gasteiger partial charge in [0, 0.05) is 5.69 Å². The molecule has 1 aromatic heterocycles. The standard InChI is InChI=1S/C13H14ClN3O2/c1-8-3-9(2)5-10(4-8)15-12(18)6-11-16-13(7-14)19-17-11/h3-5H,6-7H2,1-2H3,(H,15,18). The van der Waals surface area contributed by atoms with Gasteiger partial charge in [-0.1, -0.05) is 11.2 Å². The fraction of sp³-hybridized carbons (Fsp3) is 0.308. The second kappa shape index (κ2) is 5.84. The van der Waals surface area contributed by atoms with Gasteiger partial charge in [0.05, 0.1) is 6.42 Å². The van der Waals surface area contributed by atoms with Gasteiger partial charge in [0.15, 0.2) is 5.82 Å². The summed E-state index contributed by atoms with van der Waals surface area (Å²) in [7, 11) is 0. The van der Waals surface area contributed by atoms with Crippen LogP contribution in [0.25, 0.3) is 0 Å². The number of nitrogens with one attached hydrogen (secondary N) is 1. The van der Waals surface area contributed by atoms with Crippen molar-refractivity contribution in [2.24, 2.45) is 0 Å². The lowest BCUT2D eigenvalue weighted by molar-refractivity contribution is -0.115. The van der Waals surface area contributed by atoms with Crippen molar-refractivity contribution in [3.8, 4) is 0 Å². The number of rotatable bonds is 4. The van der Waals surface area contributed by atoms with E-state index in [0.29, 0.717) is 11.7 Å². The third-order valence-corrected chi connectivity index (χ3v) is 2.68. The van der Waals surface area contributed by atoms with Crippen LogP contribution in [0.1, 0.15) is 22.8 Å². The fourth-order valence-electron chi connectivity index (χ4n) is 1.81. The van der Waals surface area contributed by atoms with E-state index in [0.717, 1.165) is 16.8 Å². The molecule has 5 nitrogen and oxygen atoms in total. The summed E-state index contributed by atoms with van der Waals surface area (Å²) in [6.07, 6.45) is 0.0629. The first-order valence-corrected chi connectivity index (χ1v) is 6.36. The minimum Gasteiger partial charge on any atom is -0.338 e. The summed E-state index contributed by atoms with van der Waals surface area (Å²) in [6, 6.07) is 5.86. The summed E-state index contributed by atoms with van der Waals surface area (Å²) in [5.74, 6) is 0.603. The molecule has 2 rings (SSSR count). The first-order chi connectivity index (χ1) is 9.06. The van der Waals surface area contributed by atoms with Crippen LogP contribution in [0.5, 0.6) is 0 Å². The maximum absolute atomic E-state index is 11.8. The summed E-state index contributed by atoms with van der Waals surface area (Å²) < 4.78 is 4.83. The molecule has 0 aliphatic rings. The Balaban J connectivity index is 2.00. The number of amides is 1. The lowest BCUT2D eigenvalue weighted by Crippen LogP contribution is -2.15. The molecule has 1 N–H and O–H groups in total. The Morgan fingerprint density at radius 2 is 2.00 bits per heavy atom. The molecule has 0 bridgehead atoms. The maximum atomic E-state index is 11.8. The van der Waals surface area contributed by atoms with Crippen LogP contribution in [0.3, 0.4) is 0 Å². The van der Waals surface area contributed by atoms with Crippen LogP contribution in [0.2, 0.25) is 0 Å². The highest BCUT2D eigenvalue weighted by Gasteiger charge is 2.10. The molecular weight excluding hydrogens is 266 g/mol. The topological polar surface area (TPSA) is 68.0 Å². The van der Waals surface area contributed by atoms with Crippen LogP contribution < -0.4 is 5.32 Å². The Morgan fingerprint density at radius 1 is 1.32 bits per heavy atom. The molecule has 0 aliphatic carbocycles. The van der Waals surface area contributed by atoms with Gasteiger partial charge in [-0.25, -0.2) is 0 Å². The number of carbonyl (C=O) groups is 1. The monoisotopic (exact) mass is 279 g/mol. The van der Waals surface area contributed by atoms with Gasteiger partial charge in [-0.05, 0) is 37.1 Å². The summed E-state index contributed by atoms with van der Waals surface area (Å²) >= 11 is 5.54. The molecule has 6 heteroatoms.